The summed E-state index contributed by atoms with van der Waals surface area (Å²) in [4.78, 5) is 27.8. The number of methoxy groups -OCH3 is 1. The highest BCUT2D eigenvalue weighted by Gasteiger charge is 2.45. The molecule has 1 amide bonds. The molecule has 34 heavy (non-hydrogen) atoms. The van der Waals surface area contributed by atoms with Crippen molar-refractivity contribution in [3.05, 3.63) is 107 Å². The monoisotopic (exact) mass is 461 g/mol. The molecule has 1 aliphatic rings. The molecule has 0 spiro atoms. The largest absolute Gasteiger partial charge is 0.503 e. The van der Waals surface area contributed by atoms with Gasteiger partial charge < -0.3 is 14.3 Å². The molecule has 5 rings (SSSR count). The van der Waals surface area contributed by atoms with Gasteiger partial charge in [-0.25, -0.2) is 8.78 Å². The van der Waals surface area contributed by atoms with Crippen LogP contribution in [0.2, 0.25) is 0 Å². The number of aliphatic hydroxyl groups is 1. The van der Waals surface area contributed by atoms with E-state index in [-0.39, 0.29) is 17.0 Å². The minimum atomic E-state index is -1.14. The van der Waals surface area contributed by atoms with Crippen LogP contribution in [0.25, 0.3) is 11.0 Å². The van der Waals surface area contributed by atoms with E-state index in [1.807, 2.05) is 0 Å². The molecule has 2 heterocycles. The van der Waals surface area contributed by atoms with Gasteiger partial charge in [-0.2, -0.15) is 0 Å². The van der Waals surface area contributed by atoms with E-state index in [1.54, 1.807) is 18.2 Å². The number of ether oxygens (including phenoxy) is 1. The molecule has 0 saturated heterocycles. The predicted molar refractivity (Wildman–Crippen MR) is 120 cm³/mol. The fourth-order valence-corrected chi connectivity index (χ4v) is 4.13. The van der Waals surface area contributed by atoms with Gasteiger partial charge in [0.2, 0.25) is 5.78 Å². The van der Waals surface area contributed by atoms with Crippen LogP contribution in [0.4, 0.5) is 14.5 Å². The summed E-state index contributed by atoms with van der Waals surface area (Å²) in [6.07, 6.45) is 0. The first kappa shape index (κ1) is 21.4. The molecule has 4 aromatic rings. The molecule has 1 N–H and O–H groups in total. The summed E-state index contributed by atoms with van der Waals surface area (Å²) in [7, 11) is 1.46. The molecule has 1 atom stereocenters. The van der Waals surface area contributed by atoms with Gasteiger partial charge in [-0.15, -0.1) is 0 Å². The van der Waals surface area contributed by atoms with Crippen molar-refractivity contribution in [2.75, 3.05) is 12.0 Å². The highest BCUT2D eigenvalue weighted by atomic mass is 19.1. The average Bonchev–Trinajstić information content (AvgIpc) is 3.38. The molecule has 1 unspecified atom stereocenters. The zero-order valence-corrected chi connectivity index (χ0v) is 17.8. The Balaban J connectivity index is 1.67. The van der Waals surface area contributed by atoms with Crippen molar-refractivity contribution in [3.63, 3.8) is 0 Å². The third-order valence-electron chi connectivity index (χ3n) is 5.68. The van der Waals surface area contributed by atoms with Crippen LogP contribution in [0.1, 0.15) is 22.2 Å². The second-order valence-corrected chi connectivity index (χ2v) is 7.69. The van der Waals surface area contributed by atoms with Crippen LogP contribution >= 0.6 is 0 Å². The Morgan fingerprint density at radius 1 is 1.00 bits per heavy atom. The number of carbonyl (C=O) groups is 2. The van der Waals surface area contributed by atoms with Gasteiger partial charge in [-0.05, 0) is 48.0 Å². The third kappa shape index (κ3) is 3.40. The lowest BCUT2D eigenvalue weighted by Gasteiger charge is -2.26. The molecule has 8 heteroatoms. The van der Waals surface area contributed by atoms with Crippen LogP contribution in [-0.2, 0) is 4.79 Å². The van der Waals surface area contributed by atoms with E-state index in [1.165, 1.54) is 55.6 Å². The average molecular weight is 461 g/mol. The first-order valence-corrected chi connectivity index (χ1v) is 10.3. The number of aliphatic hydroxyl groups excluding tert-OH is 1. The Kier molecular flexibility index (Phi) is 5.13. The quantitative estimate of drug-likeness (QED) is 0.397. The van der Waals surface area contributed by atoms with Gasteiger partial charge in [0.05, 0.1) is 18.7 Å². The molecule has 6 nitrogen and oxygen atoms in total. The van der Waals surface area contributed by atoms with Crippen LogP contribution in [0.15, 0.2) is 88.5 Å². The lowest BCUT2D eigenvalue weighted by atomic mass is 9.94. The Morgan fingerprint density at radius 2 is 1.74 bits per heavy atom. The molecule has 3 aromatic carbocycles. The van der Waals surface area contributed by atoms with Crippen LogP contribution in [0.3, 0.4) is 0 Å². The summed E-state index contributed by atoms with van der Waals surface area (Å²) < 4.78 is 38.6. The standard InChI is InChI=1S/C26H17F2NO5/c1-33-19-7-2-4-15-12-20(34-25(15)19)23(30)21-22(14-8-10-16(27)11-9-14)29(26(32)24(21)31)18-6-3-5-17(28)13-18/h2-13,22,31H,1H3. The molecule has 1 aliphatic heterocycles. The number of Topliss-reactive ketones (excluding diaryl/α,β-unsaturated/α-hetero) is 1. The summed E-state index contributed by atoms with van der Waals surface area (Å²) >= 11 is 0. The number of rotatable bonds is 5. The van der Waals surface area contributed by atoms with Gasteiger partial charge in [0.1, 0.15) is 11.6 Å². The minimum Gasteiger partial charge on any atom is -0.503 e. The van der Waals surface area contributed by atoms with Crippen LogP contribution in [-0.4, -0.2) is 23.9 Å². The van der Waals surface area contributed by atoms with Gasteiger partial charge in [-0.3, -0.25) is 14.5 Å². The van der Waals surface area contributed by atoms with Gasteiger partial charge in [0.15, 0.2) is 22.9 Å². The van der Waals surface area contributed by atoms with E-state index in [9.17, 15) is 23.5 Å². The Hall–Kier alpha value is -4.46. The number of carbonyl (C=O) groups excluding carboxylic acids is 2. The van der Waals surface area contributed by atoms with Crippen LogP contribution < -0.4 is 9.64 Å². The van der Waals surface area contributed by atoms with Crippen molar-refractivity contribution in [2.24, 2.45) is 0 Å². The lowest BCUT2D eigenvalue weighted by molar-refractivity contribution is -0.117. The second kappa shape index (κ2) is 8.15. The van der Waals surface area contributed by atoms with Gasteiger partial charge in [0, 0.05) is 11.1 Å². The van der Waals surface area contributed by atoms with E-state index in [2.05, 4.69) is 0 Å². The Bertz CT molecular complexity index is 1470. The van der Waals surface area contributed by atoms with Crippen LogP contribution in [0, 0.1) is 11.6 Å². The first-order chi connectivity index (χ1) is 16.4. The van der Waals surface area contributed by atoms with Crippen molar-refractivity contribution in [2.45, 2.75) is 6.04 Å². The van der Waals surface area contributed by atoms with Crippen LogP contribution in [0.5, 0.6) is 5.75 Å². The number of furan rings is 1. The molecule has 170 valence electrons. The number of fused-ring (bicyclic) bond motifs is 1. The van der Waals surface area contributed by atoms with Crippen molar-refractivity contribution in [3.8, 4) is 5.75 Å². The fourth-order valence-electron chi connectivity index (χ4n) is 4.13. The van der Waals surface area contributed by atoms with Crippen molar-refractivity contribution < 1.29 is 32.6 Å². The second-order valence-electron chi connectivity index (χ2n) is 7.69. The molecule has 0 bridgehead atoms. The number of para-hydroxylation sites is 1. The molecule has 0 radical (unpaired) electrons. The maximum Gasteiger partial charge on any atom is 0.294 e. The zero-order valence-electron chi connectivity index (χ0n) is 17.8. The summed E-state index contributed by atoms with van der Waals surface area (Å²) in [6.45, 7) is 0. The smallest absolute Gasteiger partial charge is 0.294 e. The topological polar surface area (TPSA) is 80.0 Å². The van der Waals surface area contributed by atoms with Crippen molar-refractivity contribution in [1.82, 2.24) is 0 Å². The minimum absolute atomic E-state index is 0.123. The number of hydrogen-bond donors (Lipinski definition) is 1. The summed E-state index contributed by atoms with van der Waals surface area (Å²) in [5, 5.41) is 11.4. The number of amides is 1. The Morgan fingerprint density at radius 3 is 2.44 bits per heavy atom. The normalized spacial score (nSPS) is 15.9. The molecular weight excluding hydrogens is 444 g/mol. The van der Waals surface area contributed by atoms with E-state index in [0.717, 1.165) is 11.0 Å². The lowest BCUT2D eigenvalue weighted by Crippen LogP contribution is -2.31. The number of ketones is 1. The maximum absolute atomic E-state index is 14.0. The molecule has 0 saturated carbocycles. The fraction of sp³-hybridized carbons (Fsp3) is 0.0769. The zero-order chi connectivity index (χ0) is 24.0. The SMILES string of the molecule is COc1cccc2cc(C(=O)C3=C(O)C(=O)N(c4cccc(F)c4)C3c3ccc(F)cc3)oc12. The molecule has 0 aliphatic carbocycles. The number of hydrogen-bond acceptors (Lipinski definition) is 5. The number of benzene rings is 3. The third-order valence-corrected chi connectivity index (χ3v) is 5.68. The number of halogens is 2. The van der Waals surface area contributed by atoms with Gasteiger partial charge in [-0.1, -0.05) is 30.3 Å². The number of anilines is 1. The van der Waals surface area contributed by atoms with Gasteiger partial charge >= 0.3 is 0 Å². The van der Waals surface area contributed by atoms with Crippen molar-refractivity contribution in [1.29, 1.82) is 0 Å². The highest BCUT2D eigenvalue weighted by molar-refractivity contribution is 6.20. The van der Waals surface area contributed by atoms with E-state index in [0.29, 0.717) is 22.3 Å². The summed E-state index contributed by atoms with van der Waals surface area (Å²) in [6, 6.07) is 15.8. The first-order valence-electron chi connectivity index (χ1n) is 10.3. The van der Waals surface area contributed by atoms with Gasteiger partial charge in [0.25, 0.3) is 5.91 Å². The summed E-state index contributed by atoms with van der Waals surface area (Å²) in [5.41, 5.74) is 0.539. The molecular formula is C26H17F2NO5. The van der Waals surface area contributed by atoms with E-state index >= 15 is 0 Å². The van der Waals surface area contributed by atoms with E-state index < -0.39 is 35.1 Å². The number of nitrogens with zero attached hydrogens (tertiary/aromatic N) is 1. The summed E-state index contributed by atoms with van der Waals surface area (Å²) in [5.74, 6) is -3.26. The predicted octanol–water partition coefficient (Wildman–Crippen LogP) is 5.50. The molecule has 1 aromatic heterocycles. The molecule has 0 fully saturated rings. The maximum atomic E-state index is 14.0. The Labute approximate surface area is 192 Å². The van der Waals surface area contributed by atoms with E-state index in [4.69, 9.17) is 9.15 Å². The van der Waals surface area contributed by atoms with Crippen molar-refractivity contribution >= 4 is 28.3 Å². The highest BCUT2D eigenvalue weighted by Crippen LogP contribution is 2.42.